The number of anilines is 2. The maximum atomic E-state index is 12.2. The molecule has 1 aromatic carbocycles. The summed E-state index contributed by atoms with van der Waals surface area (Å²) in [6.45, 7) is 2.05. The van der Waals surface area contributed by atoms with Gasteiger partial charge in [0, 0.05) is 30.5 Å². The fraction of sp³-hybridized carbons (Fsp3) is 0.588. The van der Waals surface area contributed by atoms with Crippen LogP contribution >= 0.6 is 0 Å². The number of amides is 1. The van der Waals surface area contributed by atoms with E-state index in [-0.39, 0.29) is 18.5 Å². The van der Waals surface area contributed by atoms with E-state index < -0.39 is 10.0 Å². The quantitative estimate of drug-likeness (QED) is 0.851. The van der Waals surface area contributed by atoms with Gasteiger partial charge in [-0.25, -0.2) is 8.42 Å². The summed E-state index contributed by atoms with van der Waals surface area (Å²) in [5.41, 5.74) is 1.87. The fourth-order valence-electron chi connectivity index (χ4n) is 3.13. The Hall–Kier alpha value is -1.60. The minimum absolute atomic E-state index is 0.00720. The van der Waals surface area contributed by atoms with Crippen LogP contribution in [-0.2, 0) is 14.8 Å². The number of piperidine rings is 1. The summed E-state index contributed by atoms with van der Waals surface area (Å²) < 4.78 is 24.8. The third-order valence-corrected chi connectivity index (χ3v) is 5.83. The minimum Gasteiger partial charge on any atom is -0.372 e. The molecule has 0 radical (unpaired) electrons. The number of carbonyl (C=O) groups is 1. The lowest BCUT2D eigenvalue weighted by molar-refractivity contribution is -0.116. The van der Waals surface area contributed by atoms with E-state index in [0.29, 0.717) is 5.69 Å². The zero-order valence-corrected chi connectivity index (χ0v) is 14.9. The van der Waals surface area contributed by atoms with E-state index in [4.69, 9.17) is 0 Å². The summed E-state index contributed by atoms with van der Waals surface area (Å²) >= 11 is 0. The molecule has 1 N–H and O–H groups in total. The molecule has 2 fully saturated rings. The van der Waals surface area contributed by atoms with Crippen molar-refractivity contribution in [2.75, 3.05) is 36.1 Å². The SMILES string of the molecule is CS(=O)(=O)N(CC(=O)Nc1ccc(N2CCCCC2)cc1)C1CC1. The van der Waals surface area contributed by atoms with Crippen LogP contribution in [-0.4, -0.2) is 50.6 Å². The molecule has 6 nitrogen and oxygen atoms in total. The van der Waals surface area contributed by atoms with Crippen LogP contribution in [0.3, 0.4) is 0 Å². The van der Waals surface area contributed by atoms with Gasteiger partial charge in [-0.3, -0.25) is 4.79 Å². The molecule has 1 aromatic rings. The highest BCUT2D eigenvalue weighted by atomic mass is 32.2. The predicted molar refractivity (Wildman–Crippen MR) is 95.7 cm³/mol. The minimum atomic E-state index is -3.34. The monoisotopic (exact) mass is 351 g/mol. The summed E-state index contributed by atoms with van der Waals surface area (Å²) in [7, 11) is -3.34. The summed E-state index contributed by atoms with van der Waals surface area (Å²) in [6.07, 6.45) is 6.58. The highest BCUT2D eigenvalue weighted by Gasteiger charge is 2.36. The number of benzene rings is 1. The van der Waals surface area contributed by atoms with E-state index in [0.717, 1.165) is 32.2 Å². The molecular formula is C17H25N3O3S. The van der Waals surface area contributed by atoms with Crippen molar-refractivity contribution < 1.29 is 13.2 Å². The average Bonchev–Trinajstić information content (AvgIpc) is 3.38. The Labute approximate surface area is 143 Å². The number of carbonyl (C=O) groups excluding carboxylic acids is 1. The zero-order valence-electron chi connectivity index (χ0n) is 14.1. The molecule has 1 amide bonds. The molecule has 1 heterocycles. The Kier molecular flexibility index (Phi) is 5.10. The molecule has 7 heteroatoms. The van der Waals surface area contributed by atoms with Crippen LogP contribution in [0.4, 0.5) is 11.4 Å². The van der Waals surface area contributed by atoms with Crippen molar-refractivity contribution in [3.63, 3.8) is 0 Å². The van der Waals surface area contributed by atoms with Crippen molar-refractivity contribution >= 4 is 27.3 Å². The first kappa shape index (κ1) is 17.2. The lowest BCUT2D eigenvalue weighted by Crippen LogP contribution is -2.38. The first-order valence-electron chi connectivity index (χ1n) is 8.55. The molecular weight excluding hydrogens is 326 g/mol. The first-order chi connectivity index (χ1) is 11.4. The maximum absolute atomic E-state index is 12.2. The molecule has 0 unspecified atom stereocenters. The summed E-state index contributed by atoms with van der Waals surface area (Å²) in [5.74, 6) is -0.293. The number of rotatable bonds is 6. The van der Waals surface area contributed by atoms with Crippen molar-refractivity contribution in [1.82, 2.24) is 4.31 Å². The van der Waals surface area contributed by atoms with Crippen LogP contribution in [0.2, 0.25) is 0 Å². The van der Waals surface area contributed by atoms with Crippen LogP contribution < -0.4 is 10.2 Å². The first-order valence-corrected chi connectivity index (χ1v) is 10.4. The predicted octanol–water partition coefficient (Wildman–Crippen LogP) is 2.04. The van der Waals surface area contributed by atoms with Gasteiger partial charge in [0.2, 0.25) is 15.9 Å². The fourth-order valence-corrected chi connectivity index (χ4v) is 4.23. The second-order valence-corrected chi connectivity index (χ2v) is 8.62. The molecule has 1 saturated carbocycles. The smallest absolute Gasteiger partial charge is 0.239 e. The lowest BCUT2D eigenvalue weighted by atomic mass is 10.1. The number of hydrogen-bond acceptors (Lipinski definition) is 4. The number of nitrogens with one attached hydrogen (secondary N) is 1. The van der Waals surface area contributed by atoms with Crippen LogP contribution in [0.15, 0.2) is 24.3 Å². The zero-order chi connectivity index (χ0) is 17.2. The maximum Gasteiger partial charge on any atom is 0.239 e. The van der Waals surface area contributed by atoms with Gasteiger partial charge in [-0.1, -0.05) is 0 Å². The van der Waals surface area contributed by atoms with Gasteiger partial charge in [0.1, 0.15) is 0 Å². The second kappa shape index (κ2) is 7.11. The Morgan fingerprint density at radius 2 is 1.79 bits per heavy atom. The third kappa shape index (κ3) is 4.48. The molecule has 0 spiro atoms. The van der Waals surface area contributed by atoms with Gasteiger partial charge in [0.25, 0.3) is 0 Å². The molecule has 1 aliphatic carbocycles. The van der Waals surface area contributed by atoms with Gasteiger partial charge < -0.3 is 10.2 Å². The van der Waals surface area contributed by atoms with Gasteiger partial charge in [0.15, 0.2) is 0 Å². The van der Waals surface area contributed by atoms with E-state index in [1.165, 1.54) is 29.3 Å². The van der Waals surface area contributed by atoms with E-state index in [2.05, 4.69) is 10.2 Å². The van der Waals surface area contributed by atoms with E-state index in [1.807, 2.05) is 24.3 Å². The van der Waals surface area contributed by atoms with E-state index in [1.54, 1.807) is 0 Å². The van der Waals surface area contributed by atoms with Crippen molar-refractivity contribution in [3.05, 3.63) is 24.3 Å². The number of sulfonamides is 1. The van der Waals surface area contributed by atoms with Crippen molar-refractivity contribution in [3.8, 4) is 0 Å². The normalized spacial score (nSPS) is 18.7. The molecule has 3 rings (SSSR count). The highest BCUT2D eigenvalue weighted by molar-refractivity contribution is 7.88. The Morgan fingerprint density at radius 3 is 2.33 bits per heavy atom. The second-order valence-electron chi connectivity index (χ2n) is 6.68. The van der Waals surface area contributed by atoms with Crippen molar-refractivity contribution in [1.29, 1.82) is 0 Å². The molecule has 0 atom stereocenters. The molecule has 132 valence electrons. The molecule has 1 aliphatic heterocycles. The van der Waals surface area contributed by atoms with Gasteiger partial charge in [-0.15, -0.1) is 0 Å². The molecule has 24 heavy (non-hydrogen) atoms. The van der Waals surface area contributed by atoms with Gasteiger partial charge >= 0.3 is 0 Å². The largest absolute Gasteiger partial charge is 0.372 e. The van der Waals surface area contributed by atoms with Crippen LogP contribution in [0.25, 0.3) is 0 Å². The molecule has 1 saturated heterocycles. The van der Waals surface area contributed by atoms with Gasteiger partial charge in [-0.2, -0.15) is 4.31 Å². The number of hydrogen-bond donors (Lipinski definition) is 1. The molecule has 0 bridgehead atoms. The lowest BCUT2D eigenvalue weighted by Gasteiger charge is -2.28. The Bertz CT molecular complexity index is 678. The van der Waals surface area contributed by atoms with Crippen LogP contribution in [0, 0.1) is 0 Å². The standard InChI is InChI=1S/C17H25N3O3S/c1-24(22,23)20(16-9-10-16)13-17(21)18-14-5-7-15(8-6-14)19-11-3-2-4-12-19/h5-8,16H,2-4,9-13H2,1H3,(H,18,21). The Morgan fingerprint density at radius 1 is 1.17 bits per heavy atom. The van der Waals surface area contributed by atoms with E-state index in [9.17, 15) is 13.2 Å². The van der Waals surface area contributed by atoms with Gasteiger partial charge in [-0.05, 0) is 56.4 Å². The highest BCUT2D eigenvalue weighted by Crippen LogP contribution is 2.28. The molecule has 0 aromatic heterocycles. The topological polar surface area (TPSA) is 69.7 Å². The van der Waals surface area contributed by atoms with Crippen LogP contribution in [0.1, 0.15) is 32.1 Å². The third-order valence-electron chi connectivity index (χ3n) is 4.55. The Balaban J connectivity index is 1.58. The molecule has 2 aliphatic rings. The average molecular weight is 351 g/mol. The number of nitrogens with zero attached hydrogens (tertiary/aromatic N) is 2. The summed E-state index contributed by atoms with van der Waals surface area (Å²) in [6, 6.07) is 7.77. The summed E-state index contributed by atoms with van der Waals surface area (Å²) in [5, 5.41) is 2.79. The van der Waals surface area contributed by atoms with Crippen molar-refractivity contribution in [2.45, 2.75) is 38.1 Å². The summed E-state index contributed by atoms with van der Waals surface area (Å²) in [4.78, 5) is 14.5. The van der Waals surface area contributed by atoms with Crippen molar-refractivity contribution in [2.24, 2.45) is 0 Å². The van der Waals surface area contributed by atoms with Gasteiger partial charge in [0.05, 0.1) is 12.8 Å². The van der Waals surface area contributed by atoms with Crippen LogP contribution in [0.5, 0.6) is 0 Å². The van der Waals surface area contributed by atoms with E-state index >= 15 is 0 Å².